The van der Waals surface area contributed by atoms with E-state index < -0.39 is 5.97 Å². The molecule has 18 heavy (non-hydrogen) atoms. The van der Waals surface area contributed by atoms with E-state index in [9.17, 15) is 9.59 Å². The van der Waals surface area contributed by atoms with Crippen molar-refractivity contribution in [3.05, 3.63) is 23.8 Å². The first kappa shape index (κ1) is 14.0. The smallest absolute Gasteiger partial charge is 0.335 e. The Bertz CT molecular complexity index is 457. The maximum Gasteiger partial charge on any atom is 0.335 e. The number of ether oxygens (including phenoxy) is 1. The molecule has 1 aromatic rings. The van der Waals surface area contributed by atoms with Gasteiger partial charge in [-0.3, -0.25) is 4.79 Å². The second kappa shape index (κ2) is 6.02. The van der Waals surface area contributed by atoms with Gasteiger partial charge in [-0.2, -0.15) is 0 Å². The molecule has 1 aromatic carbocycles. The number of carbonyl (C=O) groups excluding carboxylic acids is 1. The van der Waals surface area contributed by atoms with Gasteiger partial charge in [0.1, 0.15) is 5.75 Å². The van der Waals surface area contributed by atoms with Crippen molar-refractivity contribution in [2.45, 2.75) is 19.4 Å². The first-order valence-electron chi connectivity index (χ1n) is 5.40. The lowest BCUT2D eigenvalue weighted by atomic mass is 10.1. The Balaban J connectivity index is 2.94. The Morgan fingerprint density at radius 3 is 2.67 bits per heavy atom. The second-order valence-electron chi connectivity index (χ2n) is 3.95. The minimum Gasteiger partial charge on any atom is -0.495 e. The molecular weight excluding hydrogens is 236 g/mol. The van der Waals surface area contributed by atoms with Crippen LogP contribution in [0, 0.1) is 0 Å². The van der Waals surface area contributed by atoms with Crippen molar-refractivity contribution in [2.75, 3.05) is 12.4 Å². The SMILES string of the molecule is COc1ccc(C(=O)O)cc1NC(=O)CC(C)N. The van der Waals surface area contributed by atoms with E-state index in [-0.39, 0.29) is 23.9 Å². The Kier molecular flexibility index (Phi) is 4.67. The number of aromatic carboxylic acids is 1. The highest BCUT2D eigenvalue weighted by molar-refractivity contribution is 5.95. The molecule has 0 heterocycles. The third-order valence-electron chi connectivity index (χ3n) is 2.23. The number of nitrogens with two attached hydrogens (primary N) is 1. The van der Waals surface area contributed by atoms with Crippen LogP contribution in [0.15, 0.2) is 18.2 Å². The zero-order valence-electron chi connectivity index (χ0n) is 10.3. The largest absolute Gasteiger partial charge is 0.495 e. The molecule has 0 saturated carbocycles. The molecule has 1 unspecified atom stereocenters. The number of methoxy groups -OCH3 is 1. The van der Waals surface area contributed by atoms with Crippen LogP contribution in [0.25, 0.3) is 0 Å². The molecule has 0 aliphatic heterocycles. The van der Waals surface area contributed by atoms with Crippen LogP contribution in [0.4, 0.5) is 5.69 Å². The quantitative estimate of drug-likeness (QED) is 0.727. The Labute approximate surface area is 105 Å². The number of hydrogen-bond acceptors (Lipinski definition) is 4. The van der Waals surface area contributed by atoms with Gasteiger partial charge in [0.05, 0.1) is 18.4 Å². The number of carboxylic acids is 1. The van der Waals surface area contributed by atoms with Crippen molar-refractivity contribution in [1.29, 1.82) is 0 Å². The summed E-state index contributed by atoms with van der Waals surface area (Å²) in [7, 11) is 1.44. The fourth-order valence-corrected chi connectivity index (χ4v) is 1.43. The van der Waals surface area contributed by atoms with E-state index in [1.54, 1.807) is 6.92 Å². The fourth-order valence-electron chi connectivity index (χ4n) is 1.43. The van der Waals surface area contributed by atoms with Crippen LogP contribution in [0.2, 0.25) is 0 Å². The molecule has 0 saturated heterocycles. The number of amides is 1. The van der Waals surface area contributed by atoms with Gasteiger partial charge in [-0.25, -0.2) is 4.79 Å². The highest BCUT2D eigenvalue weighted by atomic mass is 16.5. The van der Waals surface area contributed by atoms with Crippen molar-refractivity contribution in [1.82, 2.24) is 0 Å². The number of anilines is 1. The molecular formula is C12H16N2O4. The topological polar surface area (TPSA) is 102 Å². The standard InChI is InChI=1S/C12H16N2O4/c1-7(13)5-11(15)14-9-6-8(12(16)17)3-4-10(9)18-2/h3-4,6-7H,5,13H2,1-2H3,(H,14,15)(H,16,17). The molecule has 0 bridgehead atoms. The molecule has 0 spiro atoms. The summed E-state index contributed by atoms with van der Waals surface area (Å²) in [6.07, 6.45) is 0.153. The van der Waals surface area contributed by atoms with Gasteiger partial charge in [-0.15, -0.1) is 0 Å². The highest BCUT2D eigenvalue weighted by Gasteiger charge is 2.12. The van der Waals surface area contributed by atoms with E-state index in [0.29, 0.717) is 11.4 Å². The lowest BCUT2D eigenvalue weighted by Crippen LogP contribution is -2.24. The van der Waals surface area contributed by atoms with Crippen LogP contribution in [0.3, 0.4) is 0 Å². The molecule has 0 fully saturated rings. The summed E-state index contributed by atoms with van der Waals surface area (Å²) in [6.45, 7) is 1.71. The van der Waals surface area contributed by atoms with Gasteiger partial charge in [-0.1, -0.05) is 0 Å². The van der Waals surface area contributed by atoms with Crippen LogP contribution < -0.4 is 15.8 Å². The Morgan fingerprint density at radius 2 is 2.17 bits per heavy atom. The van der Waals surface area contributed by atoms with Gasteiger partial charge < -0.3 is 20.9 Å². The number of benzene rings is 1. The van der Waals surface area contributed by atoms with Crippen molar-refractivity contribution in [3.63, 3.8) is 0 Å². The number of rotatable bonds is 5. The van der Waals surface area contributed by atoms with E-state index in [1.165, 1.54) is 25.3 Å². The van der Waals surface area contributed by atoms with Crippen molar-refractivity contribution in [2.24, 2.45) is 5.73 Å². The molecule has 4 N–H and O–H groups in total. The summed E-state index contributed by atoms with van der Waals surface area (Å²) in [4.78, 5) is 22.4. The summed E-state index contributed by atoms with van der Waals surface area (Å²) >= 11 is 0. The molecule has 1 atom stereocenters. The Morgan fingerprint density at radius 1 is 1.50 bits per heavy atom. The lowest BCUT2D eigenvalue weighted by molar-refractivity contribution is -0.116. The van der Waals surface area contributed by atoms with Crippen molar-refractivity contribution >= 4 is 17.6 Å². The van der Waals surface area contributed by atoms with Gasteiger partial charge in [0.2, 0.25) is 5.91 Å². The van der Waals surface area contributed by atoms with Crippen LogP contribution >= 0.6 is 0 Å². The molecule has 1 amide bonds. The van der Waals surface area contributed by atoms with Crippen molar-refractivity contribution in [3.8, 4) is 5.75 Å². The normalized spacial score (nSPS) is 11.7. The monoisotopic (exact) mass is 252 g/mol. The van der Waals surface area contributed by atoms with E-state index >= 15 is 0 Å². The van der Waals surface area contributed by atoms with E-state index in [4.69, 9.17) is 15.6 Å². The molecule has 1 rings (SSSR count). The first-order chi connectivity index (χ1) is 8.43. The summed E-state index contributed by atoms with van der Waals surface area (Å²) in [6, 6.07) is 3.98. The van der Waals surface area contributed by atoms with Gasteiger partial charge in [0, 0.05) is 12.5 Å². The highest BCUT2D eigenvalue weighted by Crippen LogP contribution is 2.25. The predicted molar refractivity (Wildman–Crippen MR) is 66.8 cm³/mol. The molecule has 0 aliphatic carbocycles. The minimum atomic E-state index is -1.07. The molecule has 6 nitrogen and oxygen atoms in total. The van der Waals surface area contributed by atoms with Crippen LogP contribution in [-0.4, -0.2) is 30.1 Å². The summed E-state index contributed by atoms with van der Waals surface area (Å²) in [5.41, 5.74) is 5.91. The van der Waals surface area contributed by atoms with Crippen LogP contribution in [-0.2, 0) is 4.79 Å². The van der Waals surface area contributed by atoms with E-state index in [0.717, 1.165) is 0 Å². The second-order valence-corrected chi connectivity index (χ2v) is 3.95. The average molecular weight is 252 g/mol. The zero-order valence-corrected chi connectivity index (χ0v) is 10.3. The van der Waals surface area contributed by atoms with Crippen molar-refractivity contribution < 1.29 is 19.4 Å². The summed E-state index contributed by atoms with van der Waals surface area (Å²) in [5.74, 6) is -0.954. The number of carboxylic acid groups (broad SMARTS) is 1. The maximum atomic E-state index is 11.6. The molecule has 98 valence electrons. The lowest BCUT2D eigenvalue weighted by Gasteiger charge is -2.11. The Hall–Kier alpha value is -2.08. The molecule has 0 radical (unpaired) electrons. The van der Waals surface area contributed by atoms with Gasteiger partial charge in [0.15, 0.2) is 0 Å². The zero-order chi connectivity index (χ0) is 13.7. The maximum absolute atomic E-state index is 11.6. The molecule has 6 heteroatoms. The van der Waals surface area contributed by atoms with Crippen LogP contribution in [0.5, 0.6) is 5.75 Å². The number of hydrogen-bond donors (Lipinski definition) is 3. The minimum absolute atomic E-state index is 0.0758. The third-order valence-corrected chi connectivity index (χ3v) is 2.23. The summed E-state index contributed by atoms with van der Waals surface area (Å²) < 4.78 is 5.05. The average Bonchev–Trinajstić information content (AvgIpc) is 2.27. The number of nitrogens with one attached hydrogen (secondary N) is 1. The van der Waals surface area contributed by atoms with Gasteiger partial charge in [-0.05, 0) is 25.1 Å². The van der Waals surface area contributed by atoms with Gasteiger partial charge >= 0.3 is 5.97 Å². The third kappa shape index (κ3) is 3.74. The molecule has 0 aliphatic rings. The molecule has 0 aromatic heterocycles. The predicted octanol–water partition coefficient (Wildman–Crippen LogP) is 1.07. The van der Waals surface area contributed by atoms with E-state index in [2.05, 4.69) is 5.32 Å². The van der Waals surface area contributed by atoms with Gasteiger partial charge in [0.25, 0.3) is 0 Å². The first-order valence-corrected chi connectivity index (χ1v) is 5.40. The van der Waals surface area contributed by atoms with Crippen LogP contribution in [0.1, 0.15) is 23.7 Å². The summed E-state index contributed by atoms with van der Waals surface area (Å²) in [5, 5.41) is 11.5. The van der Waals surface area contributed by atoms with E-state index in [1.807, 2.05) is 0 Å². The fraction of sp³-hybridized carbons (Fsp3) is 0.333. The number of carbonyl (C=O) groups is 2.